The Kier molecular flexibility index (Phi) is 16.0. The molecular formula is C62H65ClN2O10. The molecule has 5 aromatic rings. The first-order valence-electron chi connectivity index (χ1n) is 25.3. The minimum Gasteiger partial charge on any atom is -0.469 e. The molecule has 1 amide bonds. The largest absolute Gasteiger partial charge is 0.469 e. The number of hydrogen-bond acceptors (Lipinski definition) is 11. The van der Waals surface area contributed by atoms with Crippen LogP contribution in [0.3, 0.4) is 0 Å². The van der Waals surface area contributed by atoms with Crippen LogP contribution in [0.5, 0.6) is 0 Å². The van der Waals surface area contributed by atoms with Gasteiger partial charge in [0.25, 0.3) is 0 Å². The van der Waals surface area contributed by atoms with Gasteiger partial charge in [-0.2, -0.15) is 0 Å². The van der Waals surface area contributed by atoms with Gasteiger partial charge < -0.3 is 23.8 Å². The van der Waals surface area contributed by atoms with Crippen molar-refractivity contribution in [2.75, 3.05) is 34.0 Å². The molecule has 0 aromatic heterocycles. The number of amides is 1. The molecule has 13 heteroatoms. The summed E-state index contributed by atoms with van der Waals surface area (Å²) in [5.41, 5.74) is 8.01. The van der Waals surface area contributed by atoms with Crippen molar-refractivity contribution in [1.82, 2.24) is 4.90 Å². The lowest BCUT2D eigenvalue weighted by molar-refractivity contribution is -0.155. The molecule has 4 aliphatic carbocycles. The Morgan fingerprint density at radius 1 is 0.667 bits per heavy atom. The van der Waals surface area contributed by atoms with Crippen LogP contribution in [-0.2, 0) is 43.0 Å². The minimum atomic E-state index is -0.963. The number of carbonyl (C=O) groups is 5. The van der Waals surface area contributed by atoms with Crippen molar-refractivity contribution in [3.8, 4) is 22.3 Å². The number of ether oxygens (including phenoxy) is 4. The SMILES string of the molecule is C.C=C[C@@H]1C[C@]1(CC(=O)OCC1c2ccccc2-c2ccccc21)C(=O)OC.C=C[C@@H]1C[C@]1(CC(=O)[C@@H]1C[C@]2(CC(c3cccc(Cl)c3)=NO2)CN1C(=O)OCC1c2ccccc2-c2ccccc21)C(=O)OC.CC. The number of Topliss-reactive ketones (excluding diaryl/α,β-unsaturated/α-hetero) is 1. The van der Waals surface area contributed by atoms with Crippen LogP contribution < -0.4 is 0 Å². The van der Waals surface area contributed by atoms with E-state index in [0.717, 1.165) is 27.8 Å². The fourth-order valence-electron chi connectivity index (χ4n) is 11.7. The predicted molar refractivity (Wildman–Crippen MR) is 289 cm³/mol. The predicted octanol–water partition coefficient (Wildman–Crippen LogP) is 12.3. The van der Waals surface area contributed by atoms with Crippen LogP contribution in [0, 0.1) is 22.7 Å². The third-order valence-corrected chi connectivity index (χ3v) is 15.9. The molecule has 0 bridgehead atoms. The van der Waals surface area contributed by atoms with Crippen LogP contribution in [0.4, 0.5) is 4.79 Å². The second-order valence-electron chi connectivity index (χ2n) is 19.8. The van der Waals surface area contributed by atoms with Crippen LogP contribution in [0.25, 0.3) is 22.3 Å². The third-order valence-electron chi connectivity index (χ3n) is 15.7. The van der Waals surface area contributed by atoms with Crippen LogP contribution in [0.1, 0.15) is 99.5 Å². The number of benzene rings is 5. The van der Waals surface area contributed by atoms with Crippen molar-refractivity contribution in [3.05, 3.63) is 179 Å². The van der Waals surface area contributed by atoms with Gasteiger partial charge in [-0.1, -0.05) is 159 Å². The summed E-state index contributed by atoms with van der Waals surface area (Å²) in [6.45, 7) is 12.1. The second kappa shape index (κ2) is 22.3. The normalized spacial score (nSPS) is 23.8. The number of methoxy groups -OCH3 is 2. The number of rotatable bonds is 14. The molecule has 3 fully saturated rings. The molecule has 0 N–H and O–H groups in total. The molecule has 2 heterocycles. The molecule has 11 rings (SSSR count). The summed E-state index contributed by atoms with van der Waals surface area (Å²) < 4.78 is 21.6. The number of nitrogens with zero attached hydrogens (tertiary/aromatic N) is 2. The minimum absolute atomic E-state index is 0. The van der Waals surface area contributed by atoms with Crippen LogP contribution in [0.2, 0.25) is 5.02 Å². The number of hydrogen-bond donors (Lipinski definition) is 0. The van der Waals surface area contributed by atoms with E-state index in [-0.39, 0.29) is 87.8 Å². The van der Waals surface area contributed by atoms with Gasteiger partial charge in [-0.05, 0) is 81.3 Å². The Hall–Kier alpha value is -7.31. The Balaban J connectivity index is 0.000000213. The molecule has 2 aliphatic heterocycles. The van der Waals surface area contributed by atoms with Crippen molar-refractivity contribution >= 4 is 47.1 Å². The molecule has 2 saturated carbocycles. The maximum Gasteiger partial charge on any atom is 0.410 e. The van der Waals surface area contributed by atoms with Crippen LogP contribution in [-0.4, -0.2) is 86.0 Å². The number of ketones is 1. The Bertz CT molecular complexity index is 2970. The first-order chi connectivity index (χ1) is 35.9. The summed E-state index contributed by atoms with van der Waals surface area (Å²) in [5.74, 6) is -1.70. The summed E-state index contributed by atoms with van der Waals surface area (Å²) in [6.07, 6.45) is 4.46. The molecule has 1 saturated heterocycles. The van der Waals surface area contributed by atoms with Crippen molar-refractivity contribution < 1.29 is 47.8 Å². The zero-order chi connectivity index (χ0) is 52.4. The number of halogens is 1. The zero-order valence-corrected chi connectivity index (χ0v) is 43.0. The third kappa shape index (κ3) is 10.2. The average molecular weight is 1030 g/mol. The molecule has 0 unspecified atom stereocenters. The molecule has 6 aliphatic rings. The van der Waals surface area contributed by atoms with E-state index in [4.69, 9.17) is 35.4 Å². The van der Waals surface area contributed by atoms with E-state index in [0.29, 0.717) is 30.0 Å². The van der Waals surface area contributed by atoms with E-state index in [1.165, 1.54) is 41.4 Å². The lowest BCUT2D eigenvalue weighted by Gasteiger charge is -2.25. The summed E-state index contributed by atoms with van der Waals surface area (Å²) in [5, 5.41) is 4.94. The number of oxime groups is 1. The summed E-state index contributed by atoms with van der Waals surface area (Å²) in [4.78, 5) is 72.8. The molecule has 5 aromatic carbocycles. The molecular weight excluding hydrogens is 968 g/mol. The van der Waals surface area contributed by atoms with Crippen molar-refractivity contribution in [1.29, 1.82) is 0 Å². The van der Waals surface area contributed by atoms with Gasteiger partial charge in [0.1, 0.15) is 13.2 Å². The lowest BCUT2D eigenvalue weighted by atomic mass is 9.88. The van der Waals surface area contributed by atoms with Gasteiger partial charge in [-0.15, -0.1) is 13.2 Å². The van der Waals surface area contributed by atoms with E-state index in [1.807, 2.05) is 80.6 Å². The number of esters is 3. The highest BCUT2D eigenvalue weighted by molar-refractivity contribution is 6.31. The molecule has 6 atom stereocenters. The van der Waals surface area contributed by atoms with Gasteiger partial charge in [0.15, 0.2) is 11.4 Å². The number of likely N-dealkylation sites (tertiary alicyclic amines) is 1. The molecule has 390 valence electrons. The Morgan fingerprint density at radius 3 is 1.59 bits per heavy atom. The number of allylic oxidation sites excluding steroid dienone is 2. The van der Waals surface area contributed by atoms with Gasteiger partial charge in [0.2, 0.25) is 0 Å². The van der Waals surface area contributed by atoms with Crippen LogP contribution in [0.15, 0.2) is 152 Å². The monoisotopic (exact) mass is 1030 g/mol. The summed E-state index contributed by atoms with van der Waals surface area (Å²) in [6, 6.07) is 39.1. The van der Waals surface area contributed by atoms with Crippen LogP contribution >= 0.6 is 11.6 Å². The number of fused-ring (bicyclic) bond motifs is 6. The van der Waals surface area contributed by atoms with Crippen molar-refractivity contribution in [2.24, 2.45) is 27.8 Å². The highest BCUT2D eigenvalue weighted by Gasteiger charge is 2.63. The smallest absolute Gasteiger partial charge is 0.410 e. The highest BCUT2D eigenvalue weighted by atomic mass is 35.5. The number of carbonyl (C=O) groups excluding carboxylic acids is 5. The molecule has 12 nitrogen and oxygen atoms in total. The second-order valence-corrected chi connectivity index (χ2v) is 20.2. The van der Waals surface area contributed by atoms with Crippen molar-refractivity contribution in [2.45, 2.75) is 83.3 Å². The average Bonchev–Trinajstić information content (AvgIpc) is 4.08. The van der Waals surface area contributed by atoms with E-state index in [1.54, 1.807) is 18.2 Å². The van der Waals surface area contributed by atoms with E-state index in [2.05, 4.69) is 66.8 Å². The lowest BCUT2D eigenvalue weighted by Crippen LogP contribution is -2.43. The maximum atomic E-state index is 14.0. The van der Waals surface area contributed by atoms with Gasteiger partial charge in [0, 0.05) is 41.7 Å². The van der Waals surface area contributed by atoms with Gasteiger partial charge >= 0.3 is 24.0 Å². The van der Waals surface area contributed by atoms with E-state index >= 15 is 0 Å². The fraction of sp³-hybridized carbons (Fsp3) is 0.355. The molecule has 75 heavy (non-hydrogen) atoms. The fourth-order valence-corrected chi connectivity index (χ4v) is 11.9. The molecule has 1 spiro atoms. The molecule has 0 radical (unpaired) electrons. The maximum absolute atomic E-state index is 14.0. The van der Waals surface area contributed by atoms with Gasteiger partial charge in [-0.3, -0.25) is 24.1 Å². The zero-order valence-electron chi connectivity index (χ0n) is 42.2. The topological polar surface area (TPSA) is 147 Å². The Labute approximate surface area is 444 Å². The standard InChI is InChI=1S/C36H33ClN2O6.C23H22O4.C2H6.CH4/c1-3-23-16-36(23,33(41)43-2)19-32(40)31-18-35(17-30(38-45-35)22-9-8-10-24(37)15-22)21-39(31)34(42)44-20-29-27-13-6-4-11-25(27)26-12-5-7-14-28(26)29;1-3-15-12-23(15,22(25)26-2)13-21(24)27-14-20-18-10-6-4-8-16(18)17-9-5-7-11-19(17)20;1-2;/h3-15,23,29,31H,1,16-21H2,2H3;3-11,15,20H,1,12-14H2,2H3;1-2H3;1H4/t23-,31+,35-,36-;15-,23-;;/m11../s1. The van der Waals surface area contributed by atoms with Gasteiger partial charge in [-0.25, -0.2) is 4.79 Å². The quantitative estimate of drug-likeness (QED) is 0.0598. The first-order valence-corrected chi connectivity index (χ1v) is 25.7. The van der Waals surface area contributed by atoms with Crippen molar-refractivity contribution in [3.63, 3.8) is 0 Å². The van der Waals surface area contributed by atoms with E-state index in [9.17, 15) is 24.0 Å². The summed E-state index contributed by atoms with van der Waals surface area (Å²) >= 11 is 6.23. The highest BCUT2D eigenvalue weighted by Crippen LogP contribution is 2.58. The Morgan fingerprint density at radius 2 is 1.13 bits per heavy atom. The summed E-state index contributed by atoms with van der Waals surface area (Å²) in [7, 11) is 2.67. The van der Waals surface area contributed by atoms with Gasteiger partial charge in [0.05, 0.1) is 49.8 Å². The first kappa shape index (κ1) is 54.0. The van der Waals surface area contributed by atoms with E-state index < -0.39 is 34.5 Å².